The number of hydrogen-bond acceptors (Lipinski definition) is 2. The van der Waals surface area contributed by atoms with Gasteiger partial charge in [-0.05, 0) is 56.2 Å². The average molecular weight is 309 g/mol. The molecule has 1 aliphatic carbocycles. The molecule has 0 radical (unpaired) electrons. The van der Waals surface area contributed by atoms with Crippen LogP contribution in [0.1, 0.15) is 43.6 Å². The number of benzene rings is 1. The standard InChI is InChI=1S/C17H24N2O.ClH/c20-17(7-6-13-8-9-18-12-13)19-16-10-15(11-16)14-4-2-1-3-5-14;/h1-5,13,15-16,18H,6-12H2,(H,19,20);1H. The van der Waals surface area contributed by atoms with Crippen LogP contribution in [0.25, 0.3) is 0 Å². The van der Waals surface area contributed by atoms with Gasteiger partial charge in [0, 0.05) is 12.5 Å². The monoisotopic (exact) mass is 308 g/mol. The van der Waals surface area contributed by atoms with Crippen LogP contribution in [-0.2, 0) is 4.79 Å². The highest BCUT2D eigenvalue weighted by Gasteiger charge is 2.31. The summed E-state index contributed by atoms with van der Waals surface area (Å²) < 4.78 is 0. The fourth-order valence-corrected chi connectivity index (χ4v) is 3.33. The molecule has 3 rings (SSSR count). The van der Waals surface area contributed by atoms with Crippen molar-refractivity contribution in [1.82, 2.24) is 10.6 Å². The van der Waals surface area contributed by atoms with E-state index in [9.17, 15) is 4.79 Å². The van der Waals surface area contributed by atoms with E-state index in [1.807, 2.05) is 0 Å². The first-order chi connectivity index (χ1) is 9.81. The van der Waals surface area contributed by atoms with Gasteiger partial charge in [0.05, 0.1) is 0 Å². The second-order valence-electron chi connectivity index (χ2n) is 6.24. The molecule has 21 heavy (non-hydrogen) atoms. The summed E-state index contributed by atoms with van der Waals surface area (Å²) in [6, 6.07) is 11.0. The highest BCUT2D eigenvalue weighted by molar-refractivity contribution is 5.85. The van der Waals surface area contributed by atoms with Crippen molar-refractivity contribution in [3.63, 3.8) is 0 Å². The summed E-state index contributed by atoms with van der Waals surface area (Å²) in [6.45, 7) is 2.21. The molecule has 1 aliphatic heterocycles. The summed E-state index contributed by atoms with van der Waals surface area (Å²) in [4.78, 5) is 11.9. The number of halogens is 1. The van der Waals surface area contributed by atoms with E-state index in [1.54, 1.807) is 0 Å². The van der Waals surface area contributed by atoms with Crippen molar-refractivity contribution in [2.75, 3.05) is 13.1 Å². The van der Waals surface area contributed by atoms with E-state index in [0.717, 1.165) is 32.4 Å². The molecular weight excluding hydrogens is 284 g/mol. The Balaban J connectivity index is 0.00000161. The maximum Gasteiger partial charge on any atom is 0.220 e. The Morgan fingerprint density at radius 2 is 2.00 bits per heavy atom. The molecule has 1 saturated carbocycles. The maximum absolute atomic E-state index is 11.9. The van der Waals surface area contributed by atoms with Crippen molar-refractivity contribution in [3.05, 3.63) is 35.9 Å². The van der Waals surface area contributed by atoms with Crippen molar-refractivity contribution in [3.8, 4) is 0 Å². The van der Waals surface area contributed by atoms with Crippen LogP contribution in [0, 0.1) is 5.92 Å². The Hall–Kier alpha value is -1.06. The quantitative estimate of drug-likeness (QED) is 0.878. The summed E-state index contributed by atoms with van der Waals surface area (Å²) >= 11 is 0. The molecule has 0 aromatic heterocycles. The minimum Gasteiger partial charge on any atom is -0.353 e. The fourth-order valence-electron chi connectivity index (χ4n) is 3.33. The SMILES string of the molecule is Cl.O=C(CCC1CCNC1)NC1CC(c2ccccc2)C1. The van der Waals surface area contributed by atoms with Gasteiger partial charge in [0.1, 0.15) is 0 Å². The topological polar surface area (TPSA) is 41.1 Å². The van der Waals surface area contributed by atoms with E-state index in [0.29, 0.717) is 24.3 Å². The second kappa shape index (κ2) is 7.81. The Kier molecular flexibility index (Phi) is 6.07. The van der Waals surface area contributed by atoms with Gasteiger partial charge in [-0.2, -0.15) is 0 Å². The summed E-state index contributed by atoms with van der Waals surface area (Å²) in [6.07, 6.45) is 5.15. The Labute approximate surface area is 133 Å². The molecule has 1 atom stereocenters. The summed E-state index contributed by atoms with van der Waals surface area (Å²) in [5.41, 5.74) is 1.41. The largest absolute Gasteiger partial charge is 0.353 e. The molecule has 1 unspecified atom stereocenters. The molecule has 3 nitrogen and oxygen atoms in total. The minimum absolute atomic E-state index is 0. The lowest BCUT2D eigenvalue weighted by atomic mass is 9.76. The van der Waals surface area contributed by atoms with Crippen LogP contribution in [0.5, 0.6) is 0 Å². The van der Waals surface area contributed by atoms with Crippen molar-refractivity contribution in [2.24, 2.45) is 5.92 Å². The number of rotatable bonds is 5. The van der Waals surface area contributed by atoms with Crippen LogP contribution in [0.2, 0.25) is 0 Å². The number of carbonyl (C=O) groups excluding carboxylic acids is 1. The molecular formula is C17H25ClN2O. The average Bonchev–Trinajstić information content (AvgIpc) is 2.94. The van der Waals surface area contributed by atoms with Gasteiger partial charge in [0.15, 0.2) is 0 Å². The van der Waals surface area contributed by atoms with Gasteiger partial charge < -0.3 is 10.6 Å². The normalized spacial score (nSPS) is 27.5. The van der Waals surface area contributed by atoms with Crippen molar-refractivity contribution < 1.29 is 4.79 Å². The lowest BCUT2D eigenvalue weighted by Gasteiger charge is -2.36. The first-order valence-corrected chi connectivity index (χ1v) is 7.86. The zero-order chi connectivity index (χ0) is 13.8. The van der Waals surface area contributed by atoms with Crippen molar-refractivity contribution in [2.45, 2.75) is 44.1 Å². The predicted octanol–water partition coefficient (Wildman–Crippen LogP) is 2.86. The predicted molar refractivity (Wildman–Crippen MR) is 87.8 cm³/mol. The lowest BCUT2D eigenvalue weighted by Crippen LogP contribution is -2.43. The van der Waals surface area contributed by atoms with Crippen LogP contribution in [0.4, 0.5) is 0 Å². The molecule has 4 heteroatoms. The Bertz CT molecular complexity index is 439. The van der Waals surface area contributed by atoms with Gasteiger partial charge in [-0.3, -0.25) is 4.79 Å². The van der Waals surface area contributed by atoms with Gasteiger partial charge in [0.2, 0.25) is 5.91 Å². The molecule has 0 bridgehead atoms. The fraction of sp³-hybridized carbons (Fsp3) is 0.588. The molecule has 1 aromatic carbocycles. The van der Waals surface area contributed by atoms with Crippen LogP contribution >= 0.6 is 12.4 Å². The van der Waals surface area contributed by atoms with Crippen molar-refractivity contribution in [1.29, 1.82) is 0 Å². The van der Waals surface area contributed by atoms with E-state index in [1.165, 1.54) is 12.0 Å². The lowest BCUT2D eigenvalue weighted by molar-refractivity contribution is -0.122. The third kappa shape index (κ3) is 4.45. The zero-order valence-electron chi connectivity index (χ0n) is 12.4. The molecule has 1 amide bonds. The smallest absolute Gasteiger partial charge is 0.220 e. The number of nitrogens with one attached hydrogen (secondary N) is 2. The van der Waals surface area contributed by atoms with Crippen LogP contribution in [0.3, 0.4) is 0 Å². The first-order valence-electron chi connectivity index (χ1n) is 7.86. The number of amides is 1. The van der Waals surface area contributed by atoms with E-state index in [-0.39, 0.29) is 18.3 Å². The van der Waals surface area contributed by atoms with E-state index < -0.39 is 0 Å². The highest BCUT2D eigenvalue weighted by atomic mass is 35.5. The zero-order valence-corrected chi connectivity index (χ0v) is 13.2. The Morgan fingerprint density at radius 3 is 2.67 bits per heavy atom. The summed E-state index contributed by atoms with van der Waals surface area (Å²) in [7, 11) is 0. The maximum atomic E-state index is 11.9. The van der Waals surface area contributed by atoms with E-state index in [4.69, 9.17) is 0 Å². The third-order valence-corrected chi connectivity index (χ3v) is 4.72. The number of hydrogen-bond donors (Lipinski definition) is 2. The summed E-state index contributed by atoms with van der Waals surface area (Å²) in [5, 5.41) is 6.53. The van der Waals surface area contributed by atoms with Crippen LogP contribution in [-0.4, -0.2) is 25.0 Å². The molecule has 2 N–H and O–H groups in total. The van der Waals surface area contributed by atoms with E-state index in [2.05, 4.69) is 41.0 Å². The van der Waals surface area contributed by atoms with E-state index >= 15 is 0 Å². The van der Waals surface area contributed by atoms with Gasteiger partial charge in [0.25, 0.3) is 0 Å². The molecule has 1 aromatic rings. The van der Waals surface area contributed by atoms with Crippen LogP contribution in [0.15, 0.2) is 30.3 Å². The second-order valence-corrected chi connectivity index (χ2v) is 6.24. The molecule has 2 fully saturated rings. The Morgan fingerprint density at radius 1 is 1.24 bits per heavy atom. The van der Waals surface area contributed by atoms with Gasteiger partial charge in [-0.15, -0.1) is 12.4 Å². The summed E-state index contributed by atoms with van der Waals surface area (Å²) in [5.74, 6) is 1.59. The van der Waals surface area contributed by atoms with Gasteiger partial charge in [-0.25, -0.2) is 0 Å². The minimum atomic E-state index is 0. The molecule has 1 saturated heterocycles. The van der Waals surface area contributed by atoms with Gasteiger partial charge >= 0.3 is 0 Å². The highest BCUT2D eigenvalue weighted by Crippen LogP contribution is 2.36. The van der Waals surface area contributed by atoms with Crippen LogP contribution < -0.4 is 10.6 Å². The number of carbonyl (C=O) groups is 1. The molecule has 116 valence electrons. The molecule has 0 spiro atoms. The van der Waals surface area contributed by atoms with Gasteiger partial charge in [-0.1, -0.05) is 30.3 Å². The first kappa shape index (κ1) is 16.3. The molecule has 2 aliphatic rings. The third-order valence-electron chi connectivity index (χ3n) is 4.72. The van der Waals surface area contributed by atoms with Crippen molar-refractivity contribution >= 4 is 18.3 Å². The molecule has 1 heterocycles.